The van der Waals surface area contributed by atoms with Crippen molar-refractivity contribution in [1.29, 1.82) is 5.26 Å². The zero-order valence-corrected chi connectivity index (χ0v) is 13.7. The number of amides is 1. The van der Waals surface area contributed by atoms with E-state index < -0.39 is 5.97 Å². The van der Waals surface area contributed by atoms with Crippen LogP contribution in [0.15, 0.2) is 11.1 Å². The lowest BCUT2D eigenvalue weighted by molar-refractivity contribution is -0.118. The summed E-state index contributed by atoms with van der Waals surface area (Å²) < 4.78 is 4.93. The van der Waals surface area contributed by atoms with Crippen molar-refractivity contribution in [2.24, 2.45) is 0 Å². The molecule has 6 nitrogen and oxygen atoms in total. The van der Waals surface area contributed by atoms with Gasteiger partial charge >= 0.3 is 5.97 Å². The maximum atomic E-state index is 11.8. The van der Waals surface area contributed by atoms with Crippen LogP contribution in [-0.4, -0.2) is 35.8 Å². The predicted octanol–water partition coefficient (Wildman–Crippen LogP) is 2.06. The standard InChI is InChI=1S/C15H19N3O3S/c1-4-6-17-13(19)9-22-14-11(8-16)7-12(10(3)18-14)15(20)21-5-2/h7H,4-6,9H2,1-3H3,(H,17,19). The third-order valence-corrected chi connectivity index (χ3v) is 3.70. The summed E-state index contributed by atoms with van der Waals surface area (Å²) >= 11 is 1.18. The van der Waals surface area contributed by atoms with Gasteiger partial charge in [-0.05, 0) is 26.3 Å². The van der Waals surface area contributed by atoms with E-state index >= 15 is 0 Å². The monoisotopic (exact) mass is 321 g/mol. The van der Waals surface area contributed by atoms with Gasteiger partial charge in [0.25, 0.3) is 0 Å². The number of aryl methyl sites for hydroxylation is 1. The number of carbonyl (C=O) groups is 2. The van der Waals surface area contributed by atoms with Crippen molar-refractivity contribution < 1.29 is 14.3 Å². The highest BCUT2D eigenvalue weighted by atomic mass is 32.2. The van der Waals surface area contributed by atoms with Gasteiger partial charge in [0.15, 0.2) is 0 Å². The second kappa shape index (κ2) is 9.05. The molecule has 22 heavy (non-hydrogen) atoms. The van der Waals surface area contributed by atoms with Crippen LogP contribution in [-0.2, 0) is 9.53 Å². The zero-order chi connectivity index (χ0) is 16.5. The summed E-state index contributed by atoms with van der Waals surface area (Å²) in [4.78, 5) is 27.6. The first kappa shape index (κ1) is 18.0. The number of nitriles is 1. The molecule has 0 aliphatic carbocycles. The molecule has 0 radical (unpaired) electrons. The van der Waals surface area contributed by atoms with E-state index in [2.05, 4.69) is 10.3 Å². The summed E-state index contributed by atoms with van der Waals surface area (Å²) in [6, 6.07) is 3.47. The molecule has 0 bridgehead atoms. The van der Waals surface area contributed by atoms with Crippen molar-refractivity contribution in [3.05, 3.63) is 22.9 Å². The fourth-order valence-electron chi connectivity index (χ4n) is 1.64. The van der Waals surface area contributed by atoms with E-state index in [1.54, 1.807) is 13.8 Å². The fraction of sp³-hybridized carbons (Fsp3) is 0.467. The van der Waals surface area contributed by atoms with Crippen LogP contribution in [0.3, 0.4) is 0 Å². The van der Waals surface area contributed by atoms with Crippen LogP contribution in [0.2, 0.25) is 0 Å². The second-order valence-electron chi connectivity index (χ2n) is 4.44. The van der Waals surface area contributed by atoms with Gasteiger partial charge in [-0.2, -0.15) is 5.26 Å². The lowest BCUT2D eigenvalue weighted by Gasteiger charge is -2.09. The summed E-state index contributed by atoms with van der Waals surface area (Å²) in [7, 11) is 0. The van der Waals surface area contributed by atoms with E-state index in [4.69, 9.17) is 4.74 Å². The number of ether oxygens (including phenoxy) is 1. The van der Waals surface area contributed by atoms with Crippen LogP contribution < -0.4 is 5.32 Å². The van der Waals surface area contributed by atoms with Crippen molar-refractivity contribution in [2.75, 3.05) is 18.9 Å². The average molecular weight is 321 g/mol. The minimum Gasteiger partial charge on any atom is -0.462 e. The van der Waals surface area contributed by atoms with Gasteiger partial charge in [0.1, 0.15) is 11.1 Å². The number of rotatable bonds is 7. The van der Waals surface area contributed by atoms with Crippen LogP contribution in [0.4, 0.5) is 0 Å². The molecule has 1 amide bonds. The van der Waals surface area contributed by atoms with E-state index in [-0.39, 0.29) is 29.4 Å². The highest BCUT2D eigenvalue weighted by Crippen LogP contribution is 2.23. The molecule has 1 N–H and O–H groups in total. The van der Waals surface area contributed by atoms with Crippen molar-refractivity contribution in [1.82, 2.24) is 10.3 Å². The quantitative estimate of drug-likeness (QED) is 0.610. The highest BCUT2D eigenvalue weighted by molar-refractivity contribution is 8.00. The Hall–Kier alpha value is -2.07. The number of carbonyl (C=O) groups excluding carboxylic acids is 2. The lowest BCUT2D eigenvalue weighted by atomic mass is 10.1. The zero-order valence-electron chi connectivity index (χ0n) is 12.9. The molecular weight excluding hydrogens is 302 g/mol. The van der Waals surface area contributed by atoms with Crippen LogP contribution >= 0.6 is 11.8 Å². The molecule has 0 unspecified atom stereocenters. The Labute approximate surface area is 134 Å². The van der Waals surface area contributed by atoms with Gasteiger partial charge in [-0.25, -0.2) is 9.78 Å². The third kappa shape index (κ3) is 5.04. The Morgan fingerprint density at radius 1 is 1.45 bits per heavy atom. The first-order valence-corrected chi connectivity index (χ1v) is 8.00. The average Bonchev–Trinajstić information content (AvgIpc) is 2.51. The first-order valence-electron chi connectivity index (χ1n) is 7.01. The number of hydrogen-bond donors (Lipinski definition) is 1. The molecule has 1 rings (SSSR count). The fourth-order valence-corrected chi connectivity index (χ4v) is 2.47. The number of nitrogens with zero attached hydrogens (tertiary/aromatic N) is 2. The van der Waals surface area contributed by atoms with Gasteiger partial charge in [0.2, 0.25) is 5.91 Å². The highest BCUT2D eigenvalue weighted by Gasteiger charge is 2.16. The number of esters is 1. The molecule has 7 heteroatoms. The molecule has 1 heterocycles. The van der Waals surface area contributed by atoms with Gasteiger partial charge in [0.05, 0.1) is 29.2 Å². The first-order chi connectivity index (χ1) is 10.5. The van der Waals surface area contributed by atoms with Gasteiger partial charge < -0.3 is 10.1 Å². The van der Waals surface area contributed by atoms with Crippen molar-refractivity contribution in [3.8, 4) is 6.07 Å². The summed E-state index contributed by atoms with van der Waals surface area (Å²) in [5.41, 5.74) is 1.02. The van der Waals surface area contributed by atoms with E-state index in [1.165, 1.54) is 17.8 Å². The van der Waals surface area contributed by atoms with Crippen molar-refractivity contribution in [2.45, 2.75) is 32.2 Å². The minimum absolute atomic E-state index is 0.107. The van der Waals surface area contributed by atoms with Crippen LogP contribution in [0.5, 0.6) is 0 Å². The molecule has 1 aromatic rings. The Bertz CT molecular complexity index is 596. The maximum Gasteiger partial charge on any atom is 0.340 e. The van der Waals surface area contributed by atoms with Crippen LogP contribution in [0.1, 0.15) is 41.9 Å². The number of aromatic nitrogens is 1. The Morgan fingerprint density at radius 2 is 2.18 bits per heavy atom. The topological polar surface area (TPSA) is 92.1 Å². The molecule has 0 atom stereocenters. The van der Waals surface area contributed by atoms with Gasteiger partial charge in [-0.1, -0.05) is 18.7 Å². The molecular formula is C15H19N3O3S. The molecule has 0 saturated carbocycles. The molecule has 118 valence electrons. The molecule has 0 aliphatic rings. The second-order valence-corrected chi connectivity index (χ2v) is 5.41. The molecule has 0 fully saturated rings. The summed E-state index contributed by atoms with van der Waals surface area (Å²) in [6.07, 6.45) is 0.867. The number of hydrogen-bond acceptors (Lipinski definition) is 6. The maximum absolute atomic E-state index is 11.8. The molecule has 0 spiro atoms. The lowest BCUT2D eigenvalue weighted by Crippen LogP contribution is -2.25. The Balaban J connectivity index is 2.88. The van der Waals surface area contributed by atoms with E-state index in [1.807, 2.05) is 13.0 Å². The third-order valence-electron chi connectivity index (χ3n) is 2.71. The molecule has 0 aliphatic heterocycles. The number of pyridine rings is 1. The van der Waals surface area contributed by atoms with Crippen LogP contribution in [0.25, 0.3) is 0 Å². The normalized spacial score (nSPS) is 9.91. The summed E-state index contributed by atoms with van der Waals surface area (Å²) in [5.74, 6) is -0.425. The SMILES string of the molecule is CCCNC(=O)CSc1nc(C)c(C(=O)OCC)cc1C#N. The number of thioether (sulfide) groups is 1. The minimum atomic E-state index is -0.499. The van der Waals surface area contributed by atoms with E-state index in [9.17, 15) is 14.9 Å². The van der Waals surface area contributed by atoms with Crippen molar-refractivity contribution in [3.63, 3.8) is 0 Å². The Morgan fingerprint density at radius 3 is 2.77 bits per heavy atom. The molecule has 0 saturated heterocycles. The molecule has 0 aromatic carbocycles. The summed E-state index contributed by atoms with van der Waals surface area (Å²) in [6.45, 7) is 6.24. The van der Waals surface area contributed by atoms with Crippen molar-refractivity contribution >= 4 is 23.6 Å². The Kier molecular flexibility index (Phi) is 7.40. The van der Waals surface area contributed by atoms with Crippen LogP contribution in [0, 0.1) is 18.3 Å². The number of nitrogens with one attached hydrogen (secondary N) is 1. The summed E-state index contributed by atoms with van der Waals surface area (Å²) in [5, 5.41) is 12.4. The molecule has 1 aromatic heterocycles. The van der Waals surface area contributed by atoms with Gasteiger partial charge in [0, 0.05) is 6.54 Å². The van der Waals surface area contributed by atoms with E-state index in [0.29, 0.717) is 17.3 Å². The van der Waals surface area contributed by atoms with E-state index in [0.717, 1.165) is 6.42 Å². The van der Waals surface area contributed by atoms with Gasteiger partial charge in [-0.15, -0.1) is 0 Å². The largest absolute Gasteiger partial charge is 0.462 e. The predicted molar refractivity (Wildman–Crippen MR) is 83.7 cm³/mol. The van der Waals surface area contributed by atoms with Gasteiger partial charge in [-0.3, -0.25) is 4.79 Å². The smallest absolute Gasteiger partial charge is 0.340 e.